The van der Waals surface area contributed by atoms with E-state index >= 15 is 0 Å². The van der Waals surface area contributed by atoms with Gasteiger partial charge < -0.3 is 9.64 Å². The molecule has 6 nitrogen and oxygen atoms in total. The molecule has 1 amide bonds. The summed E-state index contributed by atoms with van der Waals surface area (Å²) in [6.07, 6.45) is 6.12. The summed E-state index contributed by atoms with van der Waals surface area (Å²) in [6, 6.07) is 9.47. The standard InChI is InChI=1S/C18H20N4O2/c1-21-12-15(11-20-21)17-3-2-10-22(17)18(23)13-24-16-6-4-14(5-7-16)8-9-19/h4-7,11-12,17H,2-3,8,10,13H2,1H3/t17-/m1/s1. The van der Waals surface area contributed by atoms with Crippen molar-refractivity contribution < 1.29 is 9.53 Å². The summed E-state index contributed by atoms with van der Waals surface area (Å²) in [4.78, 5) is 14.4. The van der Waals surface area contributed by atoms with E-state index in [4.69, 9.17) is 10.00 Å². The number of aromatic nitrogens is 2. The molecule has 1 aliphatic rings. The van der Waals surface area contributed by atoms with Crippen LogP contribution < -0.4 is 4.74 Å². The molecule has 1 aliphatic heterocycles. The van der Waals surface area contributed by atoms with Gasteiger partial charge in [-0.1, -0.05) is 12.1 Å². The third kappa shape index (κ3) is 3.57. The molecule has 2 heterocycles. The van der Waals surface area contributed by atoms with Gasteiger partial charge in [-0.3, -0.25) is 9.48 Å². The zero-order chi connectivity index (χ0) is 16.9. The highest BCUT2D eigenvalue weighted by Gasteiger charge is 2.30. The Morgan fingerprint density at radius 1 is 1.42 bits per heavy atom. The van der Waals surface area contributed by atoms with Crippen molar-refractivity contribution in [1.29, 1.82) is 5.26 Å². The summed E-state index contributed by atoms with van der Waals surface area (Å²) in [7, 11) is 1.88. The van der Waals surface area contributed by atoms with Gasteiger partial charge in [-0.05, 0) is 30.5 Å². The van der Waals surface area contributed by atoms with E-state index in [0.717, 1.165) is 30.5 Å². The van der Waals surface area contributed by atoms with Crippen LogP contribution in [-0.2, 0) is 18.3 Å². The molecule has 1 atom stereocenters. The predicted molar refractivity (Wildman–Crippen MR) is 88.2 cm³/mol. The minimum Gasteiger partial charge on any atom is -0.484 e. The first-order valence-electron chi connectivity index (χ1n) is 8.04. The average Bonchev–Trinajstić information content (AvgIpc) is 3.23. The van der Waals surface area contributed by atoms with Gasteiger partial charge in [-0.15, -0.1) is 0 Å². The largest absolute Gasteiger partial charge is 0.484 e. The van der Waals surface area contributed by atoms with E-state index in [0.29, 0.717) is 12.2 Å². The van der Waals surface area contributed by atoms with Crippen LogP contribution >= 0.6 is 0 Å². The Morgan fingerprint density at radius 2 is 2.21 bits per heavy atom. The second-order valence-electron chi connectivity index (χ2n) is 5.96. The summed E-state index contributed by atoms with van der Waals surface area (Å²) in [5, 5.41) is 12.9. The highest BCUT2D eigenvalue weighted by molar-refractivity contribution is 5.78. The van der Waals surface area contributed by atoms with E-state index in [-0.39, 0.29) is 18.6 Å². The number of amides is 1. The number of hydrogen-bond donors (Lipinski definition) is 0. The fraction of sp³-hybridized carbons (Fsp3) is 0.389. The molecule has 0 aliphatic carbocycles. The molecule has 0 unspecified atom stereocenters. The van der Waals surface area contributed by atoms with Gasteiger partial charge in [0.15, 0.2) is 6.61 Å². The van der Waals surface area contributed by atoms with Gasteiger partial charge in [-0.2, -0.15) is 10.4 Å². The number of carbonyl (C=O) groups excluding carboxylic acids is 1. The zero-order valence-corrected chi connectivity index (χ0v) is 13.7. The molecule has 1 fully saturated rings. The van der Waals surface area contributed by atoms with Crippen molar-refractivity contribution in [2.75, 3.05) is 13.2 Å². The number of hydrogen-bond acceptors (Lipinski definition) is 4. The molecule has 3 rings (SSSR count). The van der Waals surface area contributed by atoms with Crippen molar-refractivity contribution in [3.63, 3.8) is 0 Å². The van der Waals surface area contributed by atoms with Crippen LogP contribution in [0, 0.1) is 11.3 Å². The molecule has 0 N–H and O–H groups in total. The van der Waals surface area contributed by atoms with Crippen LogP contribution in [-0.4, -0.2) is 33.7 Å². The maximum atomic E-state index is 12.5. The zero-order valence-electron chi connectivity index (χ0n) is 13.7. The molecule has 1 saturated heterocycles. The molecule has 24 heavy (non-hydrogen) atoms. The fourth-order valence-electron chi connectivity index (χ4n) is 3.05. The fourth-order valence-corrected chi connectivity index (χ4v) is 3.05. The van der Waals surface area contributed by atoms with Crippen molar-refractivity contribution in [3.05, 3.63) is 47.8 Å². The van der Waals surface area contributed by atoms with E-state index in [1.807, 2.05) is 36.5 Å². The molecule has 1 aromatic carbocycles. The maximum Gasteiger partial charge on any atom is 0.261 e. The minimum atomic E-state index is -0.0116. The predicted octanol–water partition coefficient (Wildman–Crippen LogP) is 2.23. The van der Waals surface area contributed by atoms with Crippen molar-refractivity contribution >= 4 is 5.91 Å². The Kier molecular flexibility index (Phi) is 4.80. The molecule has 0 bridgehead atoms. The Morgan fingerprint density at radius 3 is 2.88 bits per heavy atom. The first-order valence-corrected chi connectivity index (χ1v) is 8.04. The molecule has 1 aromatic heterocycles. The molecule has 0 saturated carbocycles. The maximum absolute atomic E-state index is 12.5. The Labute approximate surface area is 141 Å². The Balaban J connectivity index is 1.59. The van der Waals surface area contributed by atoms with Gasteiger partial charge in [-0.25, -0.2) is 0 Å². The van der Waals surface area contributed by atoms with Crippen LogP contribution in [0.25, 0.3) is 0 Å². The number of benzene rings is 1. The van der Waals surface area contributed by atoms with Gasteiger partial charge >= 0.3 is 0 Å². The third-order valence-electron chi connectivity index (χ3n) is 4.25. The monoisotopic (exact) mass is 324 g/mol. The lowest BCUT2D eigenvalue weighted by atomic mass is 10.1. The molecule has 2 aromatic rings. The lowest BCUT2D eigenvalue weighted by Gasteiger charge is -2.24. The number of ether oxygens (including phenoxy) is 1. The van der Waals surface area contributed by atoms with Gasteiger partial charge in [0.1, 0.15) is 5.75 Å². The second kappa shape index (κ2) is 7.18. The number of nitrogens with zero attached hydrogens (tertiary/aromatic N) is 4. The second-order valence-corrected chi connectivity index (χ2v) is 5.96. The summed E-state index contributed by atoms with van der Waals surface area (Å²) < 4.78 is 7.37. The van der Waals surface area contributed by atoms with Crippen LogP contribution in [0.2, 0.25) is 0 Å². The van der Waals surface area contributed by atoms with Gasteiger partial charge in [0.05, 0.1) is 24.7 Å². The quantitative estimate of drug-likeness (QED) is 0.845. The van der Waals surface area contributed by atoms with E-state index in [9.17, 15) is 4.79 Å². The number of carbonyl (C=O) groups is 1. The Hall–Kier alpha value is -2.81. The topological polar surface area (TPSA) is 71.2 Å². The number of likely N-dealkylation sites (tertiary alicyclic amines) is 1. The number of aryl methyl sites for hydroxylation is 1. The van der Waals surface area contributed by atoms with Gasteiger partial charge in [0.2, 0.25) is 0 Å². The van der Waals surface area contributed by atoms with Crippen molar-refractivity contribution in [2.45, 2.75) is 25.3 Å². The van der Waals surface area contributed by atoms with Gasteiger partial charge in [0, 0.05) is 25.4 Å². The van der Waals surface area contributed by atoms with Crippen LogP contribution in [0.5, 0.6) is 5.75 Å². The van der Waals surface area contributed by atoms with Crippen molar-refractivity contribution in [1.82, 2.24) is 14.7 Å². The lowest BCUT2D eigenvalue weighted by molar-refractivity contribution is -0.134. The van der Waals surface area contributed by atoms with Gasteiger partial charge in [0.25, 0.3) is 5.91 Å². The van der Waals surface area contributed by atoms with Crippen molar-refractivity contribution in [3.8, 4) is 11.8 Å². The van der Waals surface area contributed by atoms with Crippen LogP contribution in [0.15, 0.2) is 36.7 Å². The normalized spacial score (nSPS) is 16.8. The summed E-state index contributed by atoms with van der Waals surface area (Å²) >= 11 is 0. The highest BCUT2D eigenvalue weighted by atomic mass is 16.5. The summed E-state index contributed by atoms with van der Waals surface area (Å²) in [5.74, 6) is 0.629. The number of nitriles is 1. The SMILES string of the molecule is Cn1cc([C@H]2CCCN2C(=O)COc2ccc(CC#N)cc2)cn1. The van der Waals surface area contributed by atoms with Crippen LogP contribution in [0.3, 0.4) is 0 Å². The van der Waals surface area contributed by atoms with Crippen LogP contribution in [0.4, 0.5) is 0 Å². The van der Waals surface area contributed by atoms with Crippen molar-refractivity contribution in [2.24, 2.45) is 7.05 Å². The first-order chi connectivity index (χ1) is 11.7. The number of rotatable bonds is 5. The average molecular weight is 324 g/mol. The molecule has 0 spiro atoms. The first kappa shape index (κ1) is 16.1. The van der Waals surface area contributed by atoms with E-state index in [2.05, 4.69) is 11.2 Å². The Bertz CT molecular complexity index is 745. The summed E-state index contributed by atoms with van der Waals surface area (Å²) in [5.41, 5.74) is 2.01. The van der Waals surface area contributed by atoms with E-state index in [1.54, 1.807) is 16.8 Å². The molecule has 6 heteroatoms. The van der Waals surface area contributed by atoms with Crippen LogP contribution in [0.1, 0.15) is 30.0 Å². The van der Waals surface area contributed by atoms with E-state index in [1.165, 1.54) is 0 Å². The smallest absolute Gasteiger partial charge is 0.261 e. The molecular weight excluding hydrogens is 304 g/mol. The summed E-state index contributed by atoms with van der Waals surface area (Å²) in [6.45, 7) is 0.775. The molecule has 124 valence electrons. The minimum absolute atomic E-state index is 0.0116. The molecular formula is C18H20N4O2. The third-order valence-corrected chi connectivity index (χ3v) is 4.25. The highest BCUT2D eigenvalue weighted by Crippen LogP contribution is 2.31. The molecule has 0 radical (unpaired) electrons. The van der Waals surface area contributed by atoms with E-state index < -0.39 is 0 Å². The lowest BCUT2D eigenvalue weighted by Crippen LogP contribution is -2.34.